The summed E-state index contributed by atoms with van der Waals surface area (Å²) in [7, 11) is 1.66. The van der Waals surface area contributed by atoms with Gasteiger partial charge in [-0.1, -0.05) is 22.0 Å². The minimum atomic E-state index is -0.0826. The fraction of sp³-hybridized carbons (Fsp3) is 0.188. The molecule has 0 saturated carbocycles. The van der Waals surface area contributed by atoms with Crippen LogP contribution >= 0.6 is 15.9 Å². The van der Waals surface area contributed by atoms with E-state index in [-0.39, 0.29) is 5.91 Å². The summed E-state index contributed by atoms with van der Waals surface area (Å²) in [4.78, 5) is 11.1. The van der Waals surface area contributed by atoms with Crippen molar-refractivity contribution >= 4 is 33.2 Å². The van der Waals surface area contributed by atoms with Crippen LogP contribution in [0.5, 0.6) is 5.75 Å². The Morgan fingerprint density at radius 3 is 2.67 bits per heavy atom. The number of hydrogen-bond donors (Lipinski definition) is 2. The predicted octanol–water partition coefficient (Wildman–Crippen LogP) is 4.03. The number of hydrogen-bond acceptors (Lipinski definition) is 3. The summed E-state index contributed by atoms with van der Waals surface area (Å²) in [6.07, 6.45) is 0. The third-order valence-electron chi connectivity index (χ3n) is 2.91. The average Bonchev–Trinajstić information content (AvgIpc) is 2.45. The number of amides is 1. The molecule has 0 aliphatic rings. The van der Waals surface area contributed by atoms with Crippen LogP contribution in [-0.4, -0.2) is 13.0 Å². The van der Waals surface area contributed by atoms with Crippen LogP contribution in [0.15, 0.2) is 46.9 Å². The fourth-order valence-corrected chi connectivity index (χ4v) is 2.40. The van der Waals surface area contributed by atoms with Crippen molar-refractivity contribution in [3.63, 3.8) is 0 Å². The SMILES string of the molecule is COc1ccc(Br)cc1CNc1cccc(NC(C)=O)c1. The number of nitrogens with one attached hydrogen (secondary N) is 2. The molecule has 0 bridgehead atoms. The third kappa shape index (κ3) is 4.49. The van der Waals surface area contributed by atoms with Crippen molar-refractivity contribution in [1.29, 1.82) is 0 Å². The first-order valence-corrected chi connectivity index (χ1v) is 7.31. The molecule has 0 atom stereocenters. The van der Waals surface area contributed by atoms with Crippen molar-refractivity contribution in [2.75, 3.05) is 17.7 Å². The van der Waals surface area contributed by atoms with Crippen LogP contribution in [0.4, 0.5) is 11.4 Å². The highest BCUT2D eigenvalue weighted by molar-refractivity contribution is 9.10. The van der Waals surface area contributed by atoms with Gasteiger partial charge in [-0.15, -0.1) is 0 Å². The van der Waals surface area contributed by atoms with Gasteiger partial charge < -0.3 is 15.4 Å². The van der Waals surface area contributed by atoms with E-state index in [1.165, 1.54) is 6.92 Å². The van der Waals surface area contributed by atoms with Gasteiger partial charge in [0.1, 0.15) is 5.75 Å². The Labute approximate surface area is 132 Å². The first-order chi connectivity index (χ1) is 10.1. The van der Waals surface area contributed by atoms with Gasteiger partial charge in [0, 0.05) is 34.9 Å². The van der Waals surface area contributed by atoms with Crippen LogP contribution < -0.4 is 15.4 Å². The second kappa shape index (κ2) is 7.13. The lowest BCUT2D eigenvalue weighted by Gasteiger charge is -2.12. The molecule has 2 rings (SSSR count). The number of rotatable bonds is 5. The minimum Gasteiger partial charge on any atom is -0.496 e. The van der Waals surface area contributed by atoms with Crippen molar-refractivity contribution < 1.29 is 9.53 Å². The summed E-state index contributed by atoms with van der Waals surface area (Å²) < 4.78 is 6.35. The molecular formula is C16H17BrN2O2. The number of anilines is 2. The first-order valence-electron chi connectivity index (χ1n) is 6.52. The highest BCUT2D eigenvalue weighted by atomic mass is 79.9. The second-order valence-corrected chi connectivity index (χ2v) is 5.49. The van der Waals surface area contributed by atoms with Crippen molar-refractivity contribution in [2.24, 2.45) is 0 Å². The average molecular weight is 349 g/mol. The Balaban J connectivity index is 2.09. The molecule has 0 fully saturated rings. The zero-order valence-electron chi connectivity index (χ0n) is 11.9. The lowest BCUT2D eigenvalue weighted by Crippen LogP contribution is -2.06. The molecule has 2 aromatic carbocycles. The van der Waals surface area contributed by atoms with E-state index in [1.54, 1.807) is 7.11 Å². The highest BCUT2D eigenvalue weighted by Gasteiger charge is 2.04. The van der Waals surface area contributed by atoms with E-state index >= 15 is 0 Å². The lowest BCUT2D eigenvalue weighted by molar-refractivity contribution is -0.114. The van der Waals surface area contributed by atoms with Crippen molar-refractivity contribution in [3.8, 4) is 5.75 Å². The summed E-state index contributed by atoms with van der Waals surface area (Å²) >= 11 is 3.46. The molecule has 0 spiro atoms. The molecule has 0 aromatic heterocycles. The molecule has 5 heteroatoms. The zero-order valence-corrected chi connectivity index (χ0v) is 13.5. The lowest BCUT2D eigenvalue weighted by atomic mass is 10.2. The largest absolute Gasteiger partial charge is 0.496 e. The van der Waals surface area contributed by atoms with E-state index in [1.807, 2.05) is 42.5 Å². The fourth-order valence-electron chi connectivity index (χ4n) is 1.99. The van der Waals surface area contributed by atoms with Gasteiger partial charge in [-0.05, 0) is 36.4 Å². The maximum atomic E-state index is 11.1. The molecule has 0 saturated heterocycles. The molecule has 4 nitrogen and oxygen atoms in total. The molecule has 0 radical (unpaired) electrons. The summed E-state index contributed by atoms with van der Waals surface area (Å²) in [5.74, 6) is 0.754. The van der Waals surface area contributed by atoms with Gasteiger partial charge in [-0.25, -0.2) is 0 Å². The molecule has 1 amide bonds. The topological polar surface area (TPSA) is 50.4 Å². The normalized spacial score (nSPS) is 10.0. The van der Waals surface area contributed by atoms with Crippen LogP contribution in [0.2, 0.25) is 0 Å². The summed E-state index contributed by atoms with van der Waals surface area (Å²) in [6.45, 7) is 2.12. The van der Waals surface area contributed by atoms with Crippen molar-refractivity contribution in [1.82, 2.24) is 0 Å². The second-order valence-electron chi connectivity index (χ2n) is 4.57. The number of ether oxygens (including phenoxy) is 1. The smallest absolute Gasteiger partial charge is 0.221 e. The van der Waals surface area contributed by atoms with E-state index in [0.717, 1.165) is 27.2 Å². The van der Waals surface area contributed by atoms with Gasteiger partial charge in [-0.3, -0.25) is 4.79 Å². The molecule has 0 aliphatic heterocycles. The van der Waals surface area contributed by atoms with E-state index in [4.69, 9.17) is 4.74 Å². The van der Waals surface area contributed by atoms with Crippen molar-refractivity contribution in [2.45, 2.75) is 13.5 Å². The molecule has 110 valence electrons. The number of carbonyl (C=O) groups is 1. The first kappa shape index (κ1) is 15.4. The van der Waals surface area contributed by atoms with Gasteiger partial charge in [0.05, 0.1) is 7.11 Å². The third-order valence-corrected chi connectivity index (χ3v) is 3.40. The number of benzene rings is 2. The van der Waals surface area contributed by atoms with E-state index in [9.17, 15) is 4.79 Å². The molecule has 0 unspecified atom stereocenters. The monoisotopic (exact) mass is 348 g/mol. The van der Waals surface area contributed by atoms with E-state index < -0.39 is 0 Å². The molecule has 21 heavy (non-hydrogen) atoms. The molecular weight excluding hydrogens is 332 g/mol. The summed E-state index contributed by atoms with van der Waals surface area (Å²) in [5.41, 5.74) is 2.76. The molecule has 0 heterocycles. The van der Waals surface area contributed by atoms with Gasteiger partial charge in [0.15, 0.2) is 0 Å². The van der Waals surface area contributed by atoms with Crippen LogP contribution in [0.25, 0.3) is 0 Å². The predicted molar refractivity (Wildman–Crippen MR) is 88.8 cm³/mol. The van der Waals surface area contributed by atoms with Gasteiger partial charge >= 0.3 is 0 Å². The zero-order chi connectivity index (χ0) is 15.2. The van der Waals surface area contributed by atoms with Crippen LogP contribution in [-0.2, 0) is 11.3 Å². The van der Waals surface area contributed by atoms with E-state index in [0.29, 0.717) is 6.54 Å². The Bertz CT molecular complexity index is 644. The number of carbonyl (C=O) groups excluding carboxylic acids is 1. The minimum absolute atomic E-state index is 0.0826. The molecule has 2 N–H and O–H groups in total. The maximum absolute atomic E-state index is 11.1. The molecule has 2 aromatic rings. The summed E-state index contributed by atoms with van der Waals surface area (Å²) in [6, 6.07) is 13.5. The van der Waals surface area contributed by atoms with E-state index in [2.05, 4.69) is 26.6 Å². The van der Waals surface area contributed by atoms with Crippen LogP contribution in [0, 0.1) is 0 Å². The van der Waals surface area contributed by atoms with Crippen molar-refractivity contribution in [3.05, 3.63) is 52.5 Å². The maximum Gasteiger partial charge on any atom is 0.221 e. The summed E-state index contributed by atoms with van der Waals surface area (Å²) in [5, 5.41) is 6.09. The van der Waals surface area contributed by atoms with Crippen LogP contribution in [0.1, 0.15) is 12.5 Å². The Hall–Kier alpha value is -2.01. The van der Waals surface area contributed by atoms with Gasteiger partial charge in [0.25, 0.3) is 0 Å². The number of methoxy groups -OCH3 is 1. The Morgan fingerprint density at radius 2 is 1.95 bits per heavy atom. The van der Waals surface area contributed by atoms with Gasteiger partial charge in [-0.2, -0.15) is 0 Å². The van der Waals surface area contributed by atoms with Crippen LogP contribution in [0.3, 0.4) is 0 Å². The Kier molecular flexibility index (Phi) is 5.22. The Morgan fingerprint density at radius 1 is 1.19 bits per heavy atom. The molecule has 0 aliphatic carbocycles. The quantitative estimate of drug-likeness (QED) is 0.857. The number of halogens is 1. The van der Waals surface area contributed by atoms with Gasteiger partial charge in [0.2, 0.25) is 5.91 Å². The highest BCUT2D eigenvalue weighted by Crippen LogP contribution is 2.24. The standard InChI is InChI=1S/C16H17BrN2O2/c1-11(20)19-15-5-3-4-14(9-15)18-10-12-8-13(17)6-7-16(12)21-2/h3-9,18H,10H2,1-2H3,(H,19,20).